The number of para-hydroxylation sites is 1. The molecular formula is C18H26IN3OS. The Balaban J connectivity index is 0.00000288. The van der Waals surface area contributed by atoms with Gasteiger partial charge in [-0.1, -0.05) is 24.3 Å². The predicted molar refractivity (Wildman–Crippen MR) is 114 cm³/mol. The van der Waals surface area contributed by atoms with Gasteiger partial charge in [0.05, 0.1) is 7.11 Å². The zero-order chi connectivity index (χ0) is 16.3. The lowest BCUT2D eigenvalue weighted by molar-refractivity contribution is 0.409. The van der Waals surface area contributed by atoms with E-state index in [4.69, 9.17) is 4.74 Å². The molecule has 4 nitrogen and oxygen atoms in total. The highest BCUT2D eigenvalue weighted by Gasteiger charge is 2.02. The first kappa shape index (κ1) is 20.8. The summed E-state index contributed by atoms with van der Waals surface area (Å²) in [6.07, 6.45) is 1.89. The van der Waals surface area contributed by atoms with Crippen LogP contribution in [0.2, 0.25) is 0 Å². The molecule has 24 heavy (non-hydrogen) atoms. The largest absolute Gasteiger partial charge is 0.496 e. The van der Waals surface area contributed by atoms with Crippen molar-refractivity contribution in [1.29, 1.82) is 0 Å². The Morgan fingerprint density at radius 1 is 1.12 bits per heavy atom. The number of ether oxygens (including phenoxy) is 1. The van der Waals surface area contributed by atoms with Crippen molar-refractivity contribution in [3.63, 3.8) is 0 Å². The summed E-state index contributed by atoms with van der Waals surface area (Å²) in [6, 6.07) is 12.4. The van der Waals surface area contributed by atoms with E-state index in [2.05, 4.69) is 46.1 Å². The average molecular weight is 459 g/mol. The fraction of sp³-hybridized carbons (Fsp3) is 0.389. The van der Waals surface area contributed by atoms with E-state index in [-0.39, 0.29) is 24.0 Å². The van der Waals surface area contributed by atoms with Gasteiger partial charge in [0, 0.05) is 30.9 Å². The Labute approximate surface area is 165 Å². The highest BCUT2D eigenvalue weighted by Crippen LogP contribution is 2.17. The summed E-state index contributed by atoms with van der Waals surface area (Å²) >= 11 is 1.78. The molecular weight excluding hydrogens is 433 g/mol. The van der Waals surface area contributed by atoms with Gasteiger partial charge in [0.1, 0.15) is 5.75 Å². The topological polar surface area (TPSA) is 45.7 Å². The van der Waals surface area contributed by atoms with E-state index in [0.29, 0.717) is 0 Å². The van der Waals surface area contributed by atoms with Gasteiger partial charge < -0.3 is 15.4 Å². The molecule has 1 aromatic heterocycles. The monoisotopic (exact) mass is 459 g/mol. The molecule has 2 aromatic rings. The number of guanidine groups is 1. The zero-order valence-electron chi connectivity index (χ0n) is 14.2. The van der Waals surface area contributed by atoms with Gasteiger partial charge in [-0.05, 0) is 36.4 Å². The molecule has 1 aromatic carbocycles. The van der Waals surface area contributed by atoms with Crippen LogP contribution < -0.4 is 15.4 Å². The number of rotatable bonds is 8. The maximum Gasteiger partial charge on any atom is 0.191 e. The minimum atomic E-state index is 0. The van der Waals surface area contributed by atoms with E-state index in [9.17, 15) is 0 Å². The molecule has 1 heterocycles. The standard InChI is InChI=1S/C18H25N3OS.HI/c1-3-19-18(21-13-11-16-8-6-14-23-16)20-12-10-15-7-4-5-9-17(15)22-2;/h4-9,14H,3,10-13H2,1-2H3,(H2,19,20,21);1H. The third-order valence-corrected chi connectivity index (χ3v) is 4.37. The molecule has 132 valence electrons. The van der Waals surface area contributed by atoms with Crippen molar-refractivity contribution in [2.24, 2.45) is 4.99 Å². The minimum absolute atomic E-state index is 0. The van der Waals surface area contributed by atoms with Gasteiger partial charge in [0.15, 0.2) is 5.96 Å². The van der Waals surface area contributed by atoms with Gasteiger partial charge in [0.2, 0.25) is 0 Å². The maximum atomic E-state index is 5.38. The molecule has 2 N–H and O–H groups in total. The molecule has 0 saturated carbocycles. The Morgan fingerprint density at radius 3 is 2.67 bits per heavy atom. The lowest BCUT2D eigenvalue weighted by atomic mass is 10.1. The van der Waals surface area contributed by atoms with Crippen molar-refractivity contribution in [3.8, 4) is 5.75 Å². The molecule has 0 amide bonds. The molecule has 0 aliphatic rings. The summed E-state index contributed by atoms with van der Waals surface area (Å²) in [7, 11) is 1.71. The number of aliphatic imine (C=N–C) groups is 1. The third kappa shape index (κ3) is 7.09. The van der Waals surface area contributed by atoms with Gasteiger partial charge >= 0.3 is 0 Å². The van der Waals surface area contributed by atoms with Gasteiger partial charge in [-0.25, -0.2) is 0 Å². The lowest BCUT2D eigenvalue weighted by Crippen LogP contribution is -2.38. The highest BCUT2D eigenvalue weighted by atomic mass is 127. The summed E-state index contributed by atoms with van der Waals surface area (Å²) in [5, 5.41) is 8.78. The first-order chi connectivity index (χ1) is 11.3. The van der Waals surface area contributed by atoms with Crippen LogP contribution in [0.5, 0.6) is 5.75 Å². The fourth-order valence-electron chi connectivity index (χ4n) is 2.30. The molecule has 0 aliphatic carbocycles. The quantitative estimate of drug-likeness (QED) is 0.360. The highest BCUT2D eigenvalue weighted by molar-refractivity contribution is 14.0. The average Bonchev–Trinajstić information content (AvgIpc) is 3.08. The number of halogens is 1. The summed E-state index contributed by atoms with van der Waals surface area (Å²) in [4.78, 5) is 6.01. The molecule has 0 fully saturated rings. The number of thiophene rings is 1. The van der Waals surface area contributed by atoms with Crippen molar-refractivity contribution in [3.05, 3.63) is 52.2 Å². The summed E-state index contributed by atoms with van der Waals surface area (Å²) in [6.45, 7) is 4.56. The third-order valence-electron chi connectivity index (χ3n) is 3.43. The lowest BCUT2D eigenvalue weighted by Gasteiger charge is -2.12. The fourth-order valence-corrected chi connectivity index (χ4v) is 3.00. The van der Waals surface area contributed by atoms with Crippen molar-refractivity contribution in [2.45, 2.75) is 19.8 Å². The van der Waals surface area contributed by atoms with Crippen molar-refractivity contribution in [2.75, 3.05) is 26.7 Å². The summed E-state index contributed by atoms with van der Waals surface area (Å²) in [5.41, 5.74) is 1.21. The molecule has 0 radical (unpaired) electrons. The minimum Gasteiger partial charge on any atom is -0.496 e. The van der Waals surface area contributed by atoms with Crippen LogP contribution >= 0.6 is 35.3 Å². The SMILES string of the molecule is CCNC(=NCCc1cccs1)NCCc1ccccc1OC.I. The molecule has 0 saturated heterocycles. The van der Waals surface area contributed by atoms with Crippen molar-refractivity contribution < 1.29 is 4.74 Å². The maximum absolute atomic E-state index is 5.38. The van der Waals surface area contributed by atoms with E-state index < -0.39 is 0 Å². The first-order valence-electron chi connectivity index (χ1n) is 8.00. The first-order valence-corrected chi connectivity index (χ1v) is 8.88. The second-order valence-electron chi connectivity index (χ2n) is 5.08. The molecule has 0 spiro atoms. The molecule has 0 atom stereocenters. The Morgan fingerprint density at radius 2 is 1.96 bits per heavy atom. The van der Waals surface area contributed by atoms with Crippen LogP contribution in [0.3, 0.4) is 0 Å². The number of benzene rings is 1. The van der Waals surface area contributed by atoms with Gasteiger partial charge in [-0.2, -0.15) is 0 Å². The van der Waals surface area contributed by atoms with Crippen LogP contribution in [0.15, 0.2) is 46.8 Å². The number of nitrogens with zero attached hydrogens (tertiary/aromatic N) is 1. The zero-order valence-corrected chi connectivity index (χ0v) is 17.4. The number of hydrogen-bond donors (Lipinski definition) is 2. The van der Waals surface area contributed by atoms with E-state index in [0.717, 1.165) is 44.2 Å². The van der Waals surface area contributed by atoms with E-state index in [1.165, 1.54) is 10.4 Å². The second kappa shape index (κ2) is 12.1. The number of methoxy groups -OCH3 is 1. The van der Waals surface area contributed by atoms with Crippen LogP contribution in [0.25, 0.3) is 0 Å². The molecule has 6 heteroatoms. The molecule has 0 aliphatic heterocycles. The Kier molecular flexibility index (Phi) is 10.5. The number of nitrogens with one attached hydrogen (secondary N) is 2. The van der Waals surface area contributed by atoms with Crippen LogP contribution in [0.1, 0.15) is 17.4 Å². The molecule has 2 rings (SSSR count). The Bertz CT molecular complexity index is 602. The Hall–Kier alpha value is -1.28. The normalized spacial score (nSPS) is 10.8. The molecule has 0 unspecified atom stereocenters. The summed E-state index contributed by atoms with van der Waals surface area (Å²) < 4.78 is 5.38. The van der Waals surface area contributed by atoms with E-state index >= 15 is 0 Å². The summed E-state index contributed by atoms with van der Waals surface area (Å²) in [5.74, 6) is 1.81. The van der Waals surface area contributed by atoms with Gasteiger partial charge in [-0.3, -0.25) is 4.99 Å². The van der Waals surface area contributed by atoms with Crippen LogP contribution in [-0.4, -0.2) is 32.7 Å². The number of hydrogen-bond acceptors (Lipinski definition) is 3. The van der Waals surface area contributed by atoms with Crippen LogP contribution in [-0.2, 0) is 12.8 Å². The van der Waals surface area contributed by atoms with Crippen molar-refractivity contribution >= 4 is 41.3 Å². The van der Waals surface area contributed by atoms with E-state index in [1.807, 2.05) is 18.2 Å². The van der Waals surface area contributed by atoms with Crippen LogP contribution in [0.4, 0.5) is 0 Å². The van der Waals surface area contributed by atoms with Crippen molar-refractivity contribution in [1.82, 2.24) is 10.6 Å². The smallest absolute Gasteiger partial charge is 0.191 e. The van der Waals surface area contributed by atoms with Gasteiger partial charge in [0.25, 0.3) is 0 Å². The predicted octanol–water partition coefficient (Wildman–Crippen LogP) is 3.72. The van der Waals surface area contributed by atoms with E-state index in [1.54, 1.807) is 18.4 Å². The molecule has 0 bridgehead atoms. The second-order valence-corrected chi connectivity index (χ2v) is 6.11. The van der Waals surface area contributed by atoms with Crippen LogP contribution in [0, 0.1) is 0 Å². The van der Waals surface area contributed by atoms with Gasteiger partial charge in [-0.15, -0.1) is 35.3 Å².